The van der Waals surface area contributed by atoms with Crippen LogP contribution in [0.25, 0.3) is 0 Å². The Hall–Kier alpha value is -2.71. The monoisotopic (exact) mass is 398 g/mol. The molecule has 0 N–H and O–H groups in total. The number of carbonyl (C=O) groups is 1. The van der Waals surface area contributed by atoms with Crippen LogP contribution >= 0.6 is 0 Å². The largest absolute Gasteiger partial charge is 0.361 e. The Morgan fingerprint density at radius 1 is 0.700 bits per heavy atom. The van der Waals surface area contributed by atoms with E-state index in [1.54, 1.807) is 0 Å². The second-order valence-corrected chi connectivity index (χ2v) is 8.33. The first-order chi connectivity index (χ1) is 14.8. The third-order valence-corrected chi connectivity index (χ3v) is 6.47. The molecule has 154 valence electrons. The first-order valence-corrected chi connectivity index (χ1v) is 11.1. The molecule has 1 saturated carbocycles. The van der Waals surface area contributed by atoms with Gasteiger partial charge >= 0.3 is 0 Å². The lowest BCUT2D eigenvalue weighted by Crippen LogP contribution is -2.33. The van der Waals surface area contributed by atoms with Crippen molar-refractivity contribution in [2.75, 3.05) is 6.61 Å². The predicted molar refractivity (Wildman–Crippen MR) is 121 cm³/mol. The molecule has 2 nitrogen and oxygen atoms in total. The van der Waals surface area contributed by atoms with Crippen molar-refractivity contribution in [3.8, 4) is 0 Å². The molecule has 0 aromatic heterocycles. The van der Waals surface area contributed by atoms with Crippen molar-refractivity contribution in [3.05, 3.63) is 108 Å². The lowest BCUT2D eigenvalue weighted by Gasteiger charge is -2.36. The molecule has 30 heavy (non-hydrogen) atoms. The van der Waals surface area contributed by atoms with Gasteiger partial charge in [-0.2, -0.15) is 0 Å². The van der Waals surface area contributed by atoms with Gasteiger partial charge in [0.2, 0.25) is 0 Å². The highest BCUT2D eigenvalue weighted by Gasteiger charge is 2.37. The SMILES string of the molecule is O=CC1CCC(CCOC(c2ccccc2)(c2ccccc2)c2ccccc2)CC1. The summed E-state index contributed by atoms with van der Waals surface area (Å²) in [7, 11) is 0. The molecule has 1 aliphatic carbocycles. The van der Waals surface area contributed by atoms with Crippen molar-refractivity contribution in [1.82, 2.24) is 0 Å². The van der Waals surface area contributed by atoms with E-state index in [0.717, 1.165) is 55.1 Å². The van der Waals surface area contributed by atoms with Gasteiger partial charge in [0.25, 0.3) is 0 Å². The number of aldehydes is 1. The van der Waals surface area contributed by atoms with Crippen LogP contribution in [0.5, 0.6) is 0 Å². The second-order valence-electron chi connectivity index (χ2n) is 8.33. The molecule has 2 heteroatoms. The molecule has 0 amide bonds. The molecule has 1 aliphatic rings. The normalized spacial score (nSPS) is 19.3. The molecule has 4 rings (SSSR count). The molecular weight excluding hydrogens is 368 g/mol. The van der Waals surface area contributed by atoms with E-state index >= 15 is 0 Å². The van der Waals surface area contributed by atoms with Crippen molar-refractivity contribution in [2.45, 2.75) is 37.7 Å². The summed E-state index contributed by atoms with van der Waals surface area (Å²) in [4.78, 5) is 11.1. The third-order valence-electron chi connectivity index (χ3n) is 6.47. The fraction of sp³-hybridized carbons (Fsp3) is 0.321. The standard InChI is InChI=1S/C28H30O2/c29-22-24-18-16-23(17-19-24)20-21-30-28(25-10-4-1-5-11-25,26-12-6-2-7-13-26)27-14-8-3-9-15-27/h1-15,22-24H,16-21H2. The maximum Gasteiger partial charge on any atom is 0.143 e. The molecule has 0 atom stereocenters. The zero-order valence-corrected chi connectivity index (χ0v) is 17.5. The summed E-state index contributed by atoms with van der Waals surface area (Å²) in [5.41, 5.74) is 2.80. The van der Waals surface area contributed by atoms with E-state index in [2.05, 4.69) is 91.0 Å². The van der Waals surface area contributed by atoms with Gasteiger partial charge in [0, 0.05) is 12.5 Å². The van der Waals surface area contributed by atoms with Crippen LogP contribution in [0.3, 0.4) is 0 Å². The number of hydrogen-bond donors (Lipinski definition) is 0. The van der Waals surface area contributed by atoms with Gasteiger partial charge in [0.15, 0.2) is 0 Å². The maximum absolute atomic E-state index is 11.1. The van der Waals surface area contributed by atoms with Crippen LogP contribution in [-0.4, -0.2) is 12.9 Å². The first-order valence-electron chi connectivity index (χ1n) is 11.1. The highest BCUT2D eigenvalue weighted by molar-refractivity contribution is 5.53. The van der Waals surface area contributed by atoms with Crippen LogP contribution in [0.2, 0.25) is 0 Å². The number of carbonyl (C=O) groups excluding carboxylic acids is 1. The van der Waals surface area contributed by atoms with Gasteiger partial charge in [-0.25, -0.2) is 0 Å². The number of rotatable bonds is 8. The van der Waals surface area contributed by atoms with Gasteiger partial charge in [-0.1, -0.05) is 91.0 Å². The highest BCUT2D eigenvalue weighted by Crippen LogP contribution is 2.41. The van der Waals surface area contributed by atoms with E-state index < -0.39 is 5.60 Å². The van der Waals surface area contributed by atoms with Crippen molar-refractivity contribution >= 4 is 6.29 Å². The van der Waals surface area contributed by atoms with Crippen molar-refractivity contribution in [2.24, 2.45) is 11.8 Å². The minimum atomic E-state index is -0.635. The van der Waals surface area contributed by atoms with Crippen LogP contribution in [0, 0.1) is 11.8 Å². The third kappa shape index (κ3) is 4.39. The molecule has 1 fully saturated rings. The average Bonchev–Trinajstić information content (AvgIpc) is 2.84. The molecule has 0 bridgehead atoms. The Balaban J connectivity index is 1.64. The summed E-state index contributed by atoms with van der Waals surface area (Å²) < 4.78 is 6.87. The molecule has 0 spiro atoms. The van der Waals surface area contributed by atoms with E-state index in [0.29, 0.717) is 12.5 Å². The van der Waals surface area contributed by atoms with Gasteiger partial charge in [0.1, 0.15) is 11.9 Å². The lowest BCUT2D eigenvalue weighted by molar-refractivity contribution is -0.112. The summed E-state index contributed by atoms with van der Waals surface area (Å²) in [5.74, 6) is 0.903. The molecule has 0 aliphatic heterocycles. The van der Waals surface area contributed by atoms with Crippen LogP contribution in [0.1, 0.15) is 48.8 Å². The molecule has 0 heterocycles. The molecule has 0 saturated heterocycles. The molecular formula is C28H30O2. The van der Waals surface area contributed by atoms with E-state index in [1.165, 1.54) is 0 Å². The number of hydrogen-bond acceptors (Lipinski definition) is 2. The van der Waals surface area contributed by atoms with Gasteiger partial charge in [-0.05, 0) is 54.7 Å². The quantitative estimate of drug-likeness (QED) is 0.325. The number of ether oxygens (including phenoxy) is 1. The van der Waals surface area contributed by atoms with E-state index in [9.17, 15) is 4.79 Å². The van der Waals surface area contributed by atoms with Gasteiger partial charge < -0.3 is 9.53 Å². The van der Waals surface area contributed by atoms with Crippen molar-refractivity contribution in [3.63, 3.8) is 0 Å². The maximum atomic E-state index is 11.1. The second kappa shape index (κ2) is 9.86. The Morgan fingerprint density at radius 3 is 1.53 bits per heavy atom. The highest BCUT2D eigenvalue weighted by atomic mass is 16.5. The summed E-state index contributed by atoms with van der Waals surface area (Å²) in [6.07, 6.45) is 6.46. The average molecular weight is 399 g/mol. The minimum Gasteiger partial charge on any atom is -0.361 e. The molecule has 0 unspecified atom stereocenters. The van der Waals surface area contributed by atoms with E-state index in [-0.39, 0.29) is 5.92 Å². The van der Waals surface area contributed by atoms with Gasteiger partial charge in [0.05, 0.1) is 0 Å². The summed E-state index contributed by atoms with van der Waals surface area (Å²) in [6.45, 7) is 0.690. The summed E-state index contributed by atoms with van der Waals surface area (Å²) in [6, 6.07) is 31.6. The fourth-order valence-corrected chi connectivity index (χ4v) is 4.76. The smallest absolute Gasteiger partial charge is 0.143 e. The van der Waals surface area contributed by atoms with E-state index in [1.807, 2.05) is 0 Å². The van der Waals surface area contributed by atoms with Crippen LogP contribution in [-0.2, 0) is 15.1 Å². The van der Waals surface area contributed by atoms with Crippen molar-refractivity contribution in [1.29, 1.82) is 0 Å². The van der Waals surface area contributed by atoms with Crippen LogP contribution < -0.4 is 0 Å². The minimum absolute atomic E-state index is 0.263. The molecule has 0 radical (unpaired) electrons. The molecule has 3 aromatic rings. The topological polar surface area (TPSA) is 26.3 Å². The van der Waals surface area contributed by atoms with Gasteiger partial charge in [-0.3, -0.25) is 0 Å². The lowest BCUT2D eigenvalue weighted by atomic mass is 9.79. The zero-order chi connectivity index (χ0) is 20.7. The molecule has 3 aromatic carbocycles. The number of benzene rings is 3. The Labute approximate surface area is 179 Å². The van der Waals surface area contributed by atoms with Crippen molar-refractivity contribution < 1.29 is 9.53 Å². The summed E-state index contributed by atoms with van der Waals surface area (Å²) >= 11 is 0. The van der Waals surface area contributed by atoms with Crippen LogP contribution in [0.4, 0.5) is 0 Å². The zero-order valence-electron chi connectivity index (χ0n) is 17.5. The predicted octanol–water partition coefficient (Wildman–Crippen LogP) is 6.39. The fourth-order valence-electron chi connectivity index (χ4n) is 4.76. The Bertz CT molecular complexity index is 800. The Kier molecular flexibility index (Phi) is 6.76. The van der Waals surface area contributed by atoms with Gasteiger partial charge in [-0.15, -0.1) is 0 Å². The Morgan fingerprint density at radius 2 is 1.13 bits per heavy atom. The first kappa shape index (κ1) is 20.6. The van der Waals surface area contributed by atoms with E-state index in [4.69, 9.17) is 4.74 Å². The van der Waals surface area contributed by atoms with Crippen LogP contribution in [0.15, 0.2) is 91.0 Å². The summed E-state index contributed by atoms with van der Waals surface area (Å²) in [5, 5.41) is 0.